The number of pyridine rings is 6. The standard InChI is InChI=1S/C16H15N5O5S.C16H17N5O3S.C9H6ClN3O3.C7H10N2O2S.4CH4.ClH/c1-26-14-7-6-12-15(13(21(22)23)9-19-16(12)20-14)18-8-10-2-4-11(5-3-10)27(17,24)25;1-24-14-7-6-12-15(13(17)9-20-16(12)21-14)19-8-10-2-4-11(5-3-10)25(18,22)23;1-16-7-3-2-5-8(10)6(13(14)15)4-11-9(5)12-7;8-5-6-1-3-7(4-2-6)12(9,10)11;;;;;/h2-7,9H,8H2,1H3,(H2,17,24,25)(H,18,19,20);2-7,9H,8,17H2,1H3,(H2,18,22,23)(H,19,20,21);2-4H,1H3;1-4H,5,8H2,(H2,9,10,11);4*1H4;1H. The first-order valence-electron chi connectivity index (χ1n) is 22.6. The predicted molar refractivity (Wildman–Crippen MR) is 331 cm³/mol. The second kappa shape index (κ2) is 32.3. The Kier molecular flexibility index (Phi) is 28.2. The second-order valence-corrected chi connectivity index (χ2v) is 21.3. The van der Waals surface area contributed by atoms with Crippen LogP contribution in [0.4, 0.5) is 28.4 Å². The molecular weight excluding hydrogens is 1210 g/mol. The van der Waals surface area contributed by atoms with Crippen molar-refractivity contribution >= 4 is 116 Å². The van der Waals surface area contributed by atoms with E-state index in [9.17, 15) is 45.5 Å². The van der Waals surface area contributed by atoms with Crippen molar-refractivity contribution in [3.8, 4) is 17.6 Å². The van der Waals surface area contributed by atoms with Gasteiger partial charge in [-0.05, 0) is 71.3 Å². The highest BCUT2D eigenvalue weighted by Gasteiger charge is 2.20. The molecule has 0 atom stereocenters. The van der Waals surface area contributed by atoms with Gasteiger partial charge in [0.05, 0.1) is 63.4 Å². The fraction of sp³-hybridized carbons (Fsp3) is 0.192. The number of benzene rings is 3. The average Bonchev–Trinajstić information content (AvgIpc) is 3.17. The van der Waals surface area contributed by atoms with Crippen LogP contribution >= 0.6 is 24.0 Å². The lowest BCUT2D eigenvalue weighted by molar-refractivity contribution is -0.384. The van der Waals surface area contributed by atoms with Crippen LogP contribution in [-0.2, 0) is 49.7 Å². The van der Waals surface area contributed by atoms with Gasteiger partial charge in [-0.2, -0.15) is 15.0 Å². The molecule has 28 nitrogen and oxygen atoms in total. The molecule has 0 saturated heterocycles. The minimum atomic E-state index is -3.78. The number of hydrogen-bond donors (Lipinski definition) is 7. The number of nitrogens with two attached hydrogens (primary N) is 5. The molecule has 9 rings (SSSR count). The largest absolute Gasteiger partial charge is 0.481 e. The van der Waals surface area contributed by atoms with E-state index in [2.05, 4.69) is 40.5 Å². The Bertz CT molecular complexity index is 4090. The SMILES string of the molecule is C.C.C.C.COc1ccc2c(Cl)c([N+](=O)[O-])cnc2n1.COc1ccc2c(NCc3ccc(S(N)(=O)=O)cc3)c(N)cnc2n1.COc1ccc2c(NCc3ccc(S(N)(=O)=O)cc3)c([N+](=O)[O-])cnc2n1.Cl.NCc1ccc(S(N)(=O)=O)cc1. The summed E-state index contributed by atoms with van der Waals surface area (Å²) in [6.07, 6.45) is 3.74. The summed E-state index contributed by atoms with van der Waals surface area (Å²) in [5, 5.41) is 45.0. The van der Waals surface area contributed by atoms with Crippen LogP contribution in [0.1, 0.15) is 46.4 Å². The van der Waals surface area contributed by atoms with E-state index >= 15 is 0 Å². The number of hydrogen-bond acceptors (Lipinski definition) is 23. The molecule has 0 aliphatic heterocycles. The molecule has 33 heteroatoms. The van der Waals surface area contributed by atoms with Crippen LogP contribution in [0.25, 0.3) is 33.1 Å². The van der Waals surface area contributed by atoms with Gasteiger partial charge in [0, 0.05) is 54.0 Å². The highest BCUT2D eigenvalue weighted by atomic mass is 35.5. The van der Waals surface area contributed by atoms with Gasteiger partial charge in [-0.3, -0.25) is 20.2 Å². The summed E-state index contributed by atoms with van der Waals surface area (Å²) < 4.78 is 81.8. The normalized spacial score (nSPS) is 10.5. The topological polar surface area (TPSA) is 448 Å². The molecule has 6 aromatic heterocycles. The van der Waals surface area contributed by atoms with Crippen molar-refractivity contribution in [3.63, 3.8) is 0 Å². The molecule has 3 aromatic carbocycles. The Morgan fingerprint density at radius 3 is 1.16 bits per heavy atom. The third kappa shape index (κ3) is 19.7. The summed E-state index contributed by atoms with van der Waals surface area (Å²) in [5.74, 6) is 1.19. The molecule has 0 saturated carbocycles. The predicted octanol–water partition coefficient (Wildman–Crippen LogP) is 8.25. The summed E-state index contributed by atoms with van der Waals surface area (Å²) >= 11 is 5.87. The number of nitrogens with zero attached hydrogens (tertiary/aromatic N) is 8. The summed E-state index contributed by atoms with van der Waals surface area (Å²) in [7, 11) is -6.57. The number of anilines is 3. The van der Waals surface area contributed by atoms with Gasteiger partial charge in [0.2, 0.25) is 47.7 Å². The van der Waals surface area contributed by atoms with E-state index in [4.69, 9.17) is 52.7 Å². The molecule has 0 amide bonds. The van der Waals surface area contributed by atoms with Crippen LogP contribution in [0.2, 0.25) is 5.02 Å². The van der Waals surface area contributed by atoms with Crippen molar-refractivity contribution in [2.45, 2.75) is 64.0 Å². The number of nitrogens with one attached hydrogen (secondary N) is 2. The van der Waals surface area contributed by atoms with Crippen molar-refractivity contribution in [1.82, 2.24) is 29.9 Å². The highest BCUT2D eigenvalue weighted by Crippen LogP contribution is 2.34. The smallest absolute Gasteiger partial charge is 0.311 e. The van der Waals surface area contributed by atoms with Crippen LogP contribution in [0.5, 0.6) is 17.6 Å². The van der Waals surface area contributed by atoms with Gasteiger partial charge in [-0.1, -0.05) is 77.7 Å². The average molecular weight is 1280 g/mol. The van der Waals surface area contributed by atoms with Gasteiger partial charge in [0.25, 0.3) is 0 Å². The van der Waals surface area contributed by atoms with Crippen molar-refractivity contribution in [2.75, 3.05) is 37.7 Å². The fourth-order valence-electron chi connectivity index (χ4n) is 6.92. The van der Waals surface area contributed by atoms with Crippen LogP contribution < -0.4 is 51.7 Å². The highest BCUT2D eigenvalue weighted by molar-refractivity contribution is 7.89. The quantitative estimate of drug-likeness (QED) is 0.0375. The van der Waals surface area contributed by atoms with Crippen LogP contribution in [-0.4, -0.2) is 86.3 Å². The fourth-order valence-corrected chi connectivity index (χ4v) is 8.73. The van der Waals surface area contributed by atoms with Gasteiger partial charge < -0.3 is 36.3 Å². The number of fused-ring (bicyclic) bond motifs is 3. The monoisotopic (exact) mass is 1270 g/mol. The van der Waals surface area contributed by atoms with E-state index in [1.165, 1.54) is 63.9 Å². The zero-order valence-electron chi connectivity index (χ0n) is 42.5. The summed E-state index contributed by atoms with van der Waals surface area (Å²) in [4.78, 5) is 45.6. The number of aromatic nitrogens is 6. The molecule has 85 heavy (non-hydrogen) atoms. The summed E-state index contributed by atoms with van der Waals surface area (Å²) in [5.41, 5.74) is 16.0. The number of ether oxygens (including phenoxy) is 3. The maximum atomic E-state index is 11.4. The molecule has 0 unspecified atom stereocenters. The van der Waals surface area contributed by atoms with E-state index in [1.807, 2.05) is 6.07 Å². The third-order valence-electron chi connectivity index (χ3n) is 11.0. The minimum Gasteiger partial charge on any atom is -0.481 e. The molecule has 0 fully saturated rings. The van der Waals surface area contributed by atoms with E-state index < -0.39 is 39.9 Å². The lowest BCUT2D eigenvalue weighted by Crippen LogP contribution is -2.12. The second-order valence-electron chi connectivity index (χ2n) is 16.2. The molecule has 458 valence electrons. The van der Waals surface area contributed by atoms with E-state index in [0.717, 1.165) is 28.9 Å². The molecule has 0 aliphatic carbocycles. The lowest BCUT2D eigenvalue weighted by atomic mass is 10.2. The van der Waals surface area contributed by atoms with Gasteiger partial charge in [0.1, 0.15) is 23.1 Å². The molecular formula is C52H65Cl2N15O13S3. The first-order valence-corrected chi connectivity index (χ1v) is 27.6. The van der Waals surface area contributed by atoms with Gasteiger partial charge in [0.15, 0.2) is 16.9 Å². The van der Waals surface area contributed by atoms with Crippen molar-refractivity contribution in [3.05, 3.63) is 170 Å². The number of rotatable bonds is 15. The number of halogens is 2. The lowest BCUT2D eigenvalue weighted by Gasteiger charge is -2.12. The molecule has 12 N–H and O–H groups in total. The number of sulfonamides is 3. The molecule has 6 heterocycles. The number of methoxy groups -OCH3 is 3. The summed E-state index contributed by atoms with van der Waals surface area (Å²) in [6.45, 7) is 1.06. The Morgan fingerprint density at radius 2 is 0.812 bits per heavy atom. The minimum absolute atomic E-state index is 0. The van der Waals surface area contributed by atoms with E-state index in [0.29, 0.717) is 75.4 Å². The Balaban J connectivity index is 0.000000578. The van der Waals surface area contributed by atoms with Crippen LogP contribution in [0, 0.1) is 20.2 Å². The van der Waals surface area contributed by atoms with E-state index in [1.54, 1.807) is 66.7 Å². The van der Waals surface area contributed by atoms with Gasteiger partial charge >= 0.3 is 11.4 Å². The third-order valence-corrected chi connectivity index (χ3v) is 14.2. The van der Waals surface area contributed by atoms with Crippen molar-refractivity contribution in [2.24, 2.45) is 21.2 Å². The van der Waals surface area contributed by atoms with Crippen LogP contribution in [0.15, 0.2) is 142 Å². The maximum Gasteiger partial charge on any atom is 0.311 e. The first kappa shape index (κ1) is 74.2. The number of primary sulfonamides is 3. The first-order chi connectivity index (χ1) is 37.8. The maximum absolute atomic E-state index is 11.4. The Morgan fingerprint density at radius 1 is 0.494 bits per heavy atom. The van der Waals surface area contributed by atoms with E-state index in [-0.39, 0.29) is 85.4 Å². The van der Waals surface area contributed by atoms with Gasteiger partial charge in [-0.25, -0.2) is 55.6 Å². The molecule has 0 bridgehead atoms. The zero-order valence-corrected chi connectivity index (χ0v) is 46.6. The summed E-state index contributed by atoms with van der Waals surface area (Å²) in [6, 6.07) is 28.3. The number of nitrogen functional groups attached to an aromatic ring is 1. The number of nitro groups is 2. The molecule has 9 aromatic rings. The van der Waals surface area contributed by atoms with Gasteiger partial charge in [-0.15, -0.1) is 12.4 Å². The Hall–Kier alpha value is -8.79. The zero-order chi connectivity index (χ0) is 58.5. The van der Waals surface area contributed by atoms with Crippen molar-refractivity contribution < 1.29 is 49.3 Å². The Labute approximate surface area is 502 Å². The molecule has 0 aliphatic rings. The van der Waals surface area contributed by atoms with Crippen LogP contribution in [0.3, 0.4) is 0 Å². The molecule has 0 spiro atoms. The van der Waals surface area contributed by atoms with Crippen molar-refractivity contribution in [1.29, 1.82) is 0 Å². The molecule has 0 radical (unpaired) electrons.